The van der Waals surface area contributed by atoms with Crippen molar-refractivity contribution in [1.29, 1.82) is 0 Å². The molecule has 2 aromatic heterocycles. The van der Waals surface area contributed by atoms with Crippen LogP contribution in [0.25, 0.3) is 0 Å². The minimum absolute atomic E-state index is 0.0744. The van der Waals surface area contributed by atoms with Gasteiger partial charge < -0.3 is 15.5 Å². The highest BCUT2D eigenvalue weighted by molar-refractivity contribution is 5.83. The number of nitrogens with zero attached hydrogens (tertiary/aromatic N) is 4. The summed E-state index contributed by atoms with van der Waals surface area (Å²) in [5.74, 6) is 1.76. The van der Waals surface area contributed by atoms with Gasteiger partial charge in [0.1, 0.15) is 11.9 Å². The van der Waals surface area contributed by atoms with Crippen molar-refractivity contribution < 1.29 is 4.79 Å². The van der Waals surface area contributed by atoms with Gasteiger partial charge in [0.05, 0.1) is 6.20 Å². The van der Waals surface area contributed by atoms with Gasteiger partial charge in [0.15, 0.2) is 0 Å². The summed E-state index contributed by atoms with van der Waals surface area (Å²) in [7, 11) is 3.61. The number of likely N-dealkylation sites (N-methyl/N-ethyl adjacent to an activating group) is 1. The van der Waals surface area contributed by atoms with Crippen LogP contribution in [0.2, 0.25) is 0 Å². The Morgan fingerprint density at radius 1 is 1.31 bits per heavy atom. The molecule has 7 heteroatoms. The first kappa shape index (κ1) is 18.4. The van der Waals surface area contributed by atoms with Crippen molar-refractivity contribution in [1.82, 2.24) is 25.4 Å². The highest BCUT2D eigenvalue weighted by atomic mass is 16.2. The second kappa shape index (κ2) is 8.31. The fourth-order valence-corrected chi connectivity index (χ4v) is 3.28. The minimum atomic E-state index is -0.411. The van der Waals surface area contributed by atoms with Gasteiger partial charge in [-0.05, 0) is 37.4 Å². The molecular weight excluding hydrogens is 328 g/mol. The number of pyridine rings is 1. The van der Waals surface area contributed by atoms with Crippen molar-refractivity contribution in [3.8, 4) is 0 Å². The number of amides is 1. The lowest BCUT2D eigenvalue weighted by molar-refractivity contribution is -0.123. The van der Waals surface area contributed by atoms with E-state index in [1.54, 1.807) is 17.9 Å². The summed E-state index contributed by atoms with van der Waals surface area (Å²) in [6.07, 6.45) is 7.84. The van der Waals surface area contributed by atoms with Gasteiger partial charge in [-0.15, -0.1) is 0 Å². The number of carbonyl (C=O) groups excluding carboxylic acids is 1. The SMILES string of the molecule is CNC(C(=O)NCc1ccc(N2CCC(C)CC2)nc1)c1cnn(C)c1. The second-order valence-corrected chi connectivity index (χ2v) is 7.08. The van der Waals surface area contributed by atoms with E-state index in [9.17, 15) is 4.79 Å². The zero-order chi connectivity index (χ0) is 18.5. The van der Waals surface area contributed by atoms with Gasteiger partial charge in [-0.2, -0.15) is 5.10 Å². The molecule has 3 rings (SSSR count). The van der Waals surface area contributed by atoms with Crippen molar-refractivity contribution in [2.75, 3.05) is 25.0 Å². The Hall–Kier alpha value is -2.41. The molecule has 0 bridgehead atoms. The molecule has 1 fully saturated rings. The van der Waals surface area contributed by atoms with Crippen LogP contribution in [-0.4, -0.2) is 40.8 Å². The lowest BCUT2D eigenvalue weighted by Gasteiger charge is -2.31. The van der Waals surface area contributed by atoms with Crippen molar-refractivity contribution in [3.63, 3.8) is 0 Å². The van der Waals surface area contributed by atoms with Gasteiger partial charge in [-0.25, -0.2) is 4.98 Å². The molecule has 0 saturated carbocycles. The molecule has 0 aliphatic carbocycles. The Balaban J connectivity index is 1.55. The maximum Gasteiger partial charge on any atom is 0.242 e. The summed E-state index contributed by atoms with van der Waals surface area (Å²) in [4.78, 5) is 19.4. The first-order valence-electron chi connectivity index (χ1n) is 9.20. The van der Waals surface area contributed by atoms with E-state index in [0.29, 0.717) is 6.54 Å². The first-order chi connectivity index (χ1) is 12.6. The van der Waals surface area contributed by atoms with Crippen LogP contribution in [0, 0.1) is 5.92 Å². The van der Waals surface area contributed by atoms with E-state index in [2.05, 4.69) is 32.5 Å². The van der Waals surface area contributed by atoms with Crippen LogP contribution in [0.4, 0.5) is 5.82 Å². The summed E-state index contributed by atoms with van der Waals surface area (Å²) in [5, 5.41) is 10.1. The highest BCUT2D eigenvalue weighted by Gasteiger charge is 2.20. The van der Waals surface area contributed by atoms with E-state index in [-0.39, 0.29) is 5.91 Å². The average Bonchev–Trinajstić information content (AvgIpc) is 3.08. The Morgan fingerprint density at radius 2 is 2.08 bits per heavy atom. The fourth-order valence-electron chi connectivity index (χ4n) is 3.28. The van der Waals surface area contributed by atoms with Crippen LogP contribution >= 0.6 is 0 Å². The third-order valence-electron chi connectivity index (χ3n) is 4.99. The van der Waals surface area contributed by atoms with E-state index in [0.717, 1.165) is 36.0 Å². The Kier molecular flexibility index (Phi) is 5.88. The van der Waals surface area contributed by atoms with E-state index >= 15 is 0 Å². The Bertz CT molecular complexity index is 718. The molecule has 1 aliphatic rings. The number of aromatic nitrogens is 3. The molecule has 2 N–H and O–H groups in total. The number of aryl methyl sites for hydroxylation is 1. The number of nitrogens with one attached hydrogen (secondary N) is 2. The lowest BCUT2D eigenvalue weighted by atomic mass is 9.99. The summed E-state index contributed by atoms with van der Waals surface area (Å²) in [5.41, 5.74) is 1.84. The number of rotatable bonds is 6. The van der Waals surface area contributed by atoms with E-state index in [1.165, 1.54) is 12.8 Å². The summed E-state index contributed by atoms with van der Waals surface area (Å²) < 4.78 is 1.69. The topological polar surface area (TPSA) is 75.1 Å². The van der Waals surface area contributed by atoms with E-state index in [1.807, 2.05) is 31.6 Å². The van der Waals surface area contributed by atoms with Crippen LogP contribution in [0.3, 0.4) is 0 Å². The van der Waals surface area contributed by atoms with Gasteiger partial charge >= 0.3 is 0 Å². The van der Waals surface area contributed by atoms with Gasteiger partial charge in [-0.3, -0.25) is 9.48 Å². The molecule has 1 aliphatic heterocycles. The second-order valence-electron chi connectivity index (χ2n) is 7.08. The molecule has 0 aromatic carbocycles. The third-order valence-corrected chi connectivity index (χ3v) is 4.99. The molecule has 1 unspecified atom stereocenters. The number of hydrogen-bond donors (Lipinski definition) is 2. The molecule has 1 saturated heterocycles. The number of piperidine rings is 1. The van der Waals surface area contributed by atoms with Gasteiger partial charge in [0.2, 0.25) is 5.91 Å². The molecule has 140 valence electrons. The molecule has 1 amide bonds. The monoisotopic (exact) mass is 356 g/mol. The van der Waals surface area contributed by atoms with Crippen LogP contribution in [0.5, 0.6) is 0 Å². The van der Waals surface area contributed by atoms with E-state index < -0.39 is 6.04 Å². The maximum absolute atomic E-state index is 12.5. The van der Waals surface area contributed by atoms with Gasteiger partial charge in [0.25, 0.3) is 0 Å². The molecule has 0 radical (unpaired) electrons. The molecular formula is C19H28N6O. The summed E-state index contributed by atoms with van der Waals surface area (Å²) >= 11 is 0. The zero-order valence-corrected chi connectivity index (χ0v) is 15.8. The van der Waals surface area contributed by atoms with Crippen LogP contribution in [-0.2, 0) is 18.4 Å². The van der Waals surface area contributed by atoms with Crippen molar-refractivity contribution in [3.05, 3.63) is 41.9 Å². The third kappa shape index (κ3) is 4.40. The van der Waals surface area contributed by atoms with E-state index in [4.69, 9.17) is 0 Å². The quantitative estimate of drug-likeness (QED) is 0.823. The first-order valence-corrected chi connectivity index (χ1v) is 9.20. The average molecular weight is 356 g/mol. The van der Waals surface area contributed by atoms with Gasteiger partial charge in [0, 0.05) is 44.6 Å². The largest absolute Gasteiger partial charge is 0.357 e. The zero-order valence-electron chi connectivity index (χ0n) is 15.8. The summed E-state index contributed by atoms with van der Waals surface area (Å²) in [6.45, 7) is 4.90. The number of carbonyl (C=O) groups is 1. The fraction of sp³-hybridized carbons (Fsp3) is 0.526. The van der Waals surface area contributed by atoms with Crippen molar-refractivity contribution >= 4 is 11.7 Å². The van der Waals surface area contributed by atoms with Crippen molar-refractivity contribution in [2.24, 2.45) is 13.0 Å². The molecule has 26 heavy (non-hydrogen) atoms. The lowest BCUT2D eigenvalue weighted by Crippen LogP contribution is -2.35. The van der Waals surface area contributed by atoms with Crippen LogP contribution < -0.4 is 15.5 Å². The standard InChI is InChI=1S/C19H28N6O/c1-14-6-8-25(9-7-14)17-5-4-15(10-21-17)11-22-19(26)18(20-2)16-12-23-24(3)13-16/h4-5,10,12-14,18,20H,6-9,11H2,1-3H3,(H,22,26). The molecule has 0 spiro atoms. The highest BCUT2D eigenvalue weighted by Crippen LogP contribution is 2.21. The van der Waals surface area contributed by atoms with Crippen LogP contribution in [0.1, 0.15) is 36.9 Å². The number of hydrogen-bond acceptors (Lipinski definition) is 5. The maximum atomic E-state index is 12.5. The molecule has 7 nitrogen and oxygen atoms in total. The van der Waals surface area contributed by atoms with Crippen LogP contribution in [0.15, 0.2) is 30.7 Å². The van der Waals surface area contributed by atoms with Crippen molar-refractivity contribution in [2.45, 2.75) is 32.4 Å². The molecule has 3 heterocycles. The Labute approximate surface area is 154 Å². The molecule has 2 aromatic rings. The smallest absolute Gasteiger partial charge is 0.242 e. The number of anilines is 1. The Morgan fingerprint density at radius 3 is 2.65 bits per heavy atom. The summed E-state index contributed by atoms with van der Waals surface area (Å²) in [6, 6.07) is 3.68. The predicted molar refractivity (Wildman–Crippen MR) is 102 cm³/mol. The normalized spacial score (nSPS) is 16.5. The molecule has 1 atom stereocenters. The minimum Gasteiger partial charge on any atom is -0.357 e. The predicted octanol–water partition coefficient (Wildman–Crippen LogP) is 1.63. The van der Waals surface area contributed by atoms with Gasteiger partial charge in [-0.1, -0.05) is 13.0 Å².